The van der Waals surface area contributed by atoms with Crippen molar-refractivity contribution >= 4 is 33.4 Å². The second kappa shape index (κ2) is 40.3. The van der Waals surface area contributed by atoms with Crippen molar-refractivity contribution in [3.8, 4) is 0 Å². The topological polar surface area (TPSA) is 306 Å². The van der Waals surface area contributed by atoms with E-state index in [0.717, 1.165) is 48.8 Å². The van der Waals surface area contributed by atoms with Gasteiger partial charge in [-0.15, -0.1) is 0 Å². The molecule has 22 heteroatoms. The van der Waals surface area contributed by atoms with Crippen LogP contribution in [0.1, 0.15) is 168 Å². The molecule has 0 amide bonds. The van der Waals surface area contributed by atoms with Crippen LogP contribution in [0.5, 0.6) is 0 Å². The summed E-state index contributed by atoms with van der Waals surface area (Å²) >= 11 is 0. The number of anilines is 1. The number of allylic oxidation sites excluding steroid dienone is 8. The predicted octanol–water partition coefficient (Wildman–Crippen LogP) is 9.47. The third-order valence-corrected chi connectivity index (χ3v) is 14.5. The first-order valence-electron chi connectivity index (χ1n) is 27.0. The molecular weight excluding hydrogens is 1020 g/mol. The Morgan fingerprint density at radius 3 is 1.96 bits per heavy atom. The van der Waals surface area contributed by atoms with Gasteiger partial charge in [0.2, 0.25) is 0 Å². The first-order chi connectivity index (χ1) is 36.3. The summed E-state index contributed by atoms with van der Waals surface area (Å²) in [6.07, 6.45) is 33.4. The molecule has 20 nitrogen and oxygen atoms in total. The first kappa shape index (κ1) is 68.2. The molecule has 1 aliphatic rings. The van der Waals surface area contributed by atoms with Crippen molar-refractivity contribution < 1.29 is 76.5 Å². The number of phosphoric acid groups is 2. The lowest BCUT2D eigenvalue weighted by Gasteiger charge is -2.21. The number of aromatic nitrogens is 2. The lowest BCUT2D eigenvalue weighted by atomic mass is 10.0. The van der Waals surface area contributed by atoms with Crippen molar-refractivity contribution in [3.63, 3.8) is 0 Å². The van der Waals surface area contributed by atoms with E-state index in [9.17, 15) is 53.7 Å². The summed E-state index contributed by atoms with van der Waals surface area (Å²) in [7, 11) is -11.0. The molecule has 1 aromatic rings. The second-order valence-electron chi connectivity index (χ2n) is 19.2. The summed E-state index contributed by atoms with van der Waals surface area (Å²) in [5.74, 6) is -0.708. The summed E-state index contributed by atoms with van der Waals surface area (Å²) in [4.78, 5) is 62.0. The van der Waals surface area contributed by atoms with E-state index in [-0.39, 0.29) is 25.1 Å². The maximum atomic E-state index is 12.9. The van der Waals surface area contributed by atoms with Crippen molar-refractivity contribution in [2.75, 3.05) is 25.6 Å². The fourth-order valence-corrected chi connectivity index (χ4v) is 9.82. The molecule has 1 fully saturated rings. The van der Waals surface area contributed by atoms with E-state index >= 15 is 0 Å². The van der Waals surface area contributed by atoms with E-state index in [1.54, 1.807) is 42.5 Å². The number of rotatable bonds is 43. The highest BCUT2D eigenvalue weighted by Crippen LogP contribution is 2.60. The van der Waals surface area contributed by atoms with Crippen LogP contribution in [0.2, 0.25) is 0 Å². The van der Waals surface area contributed by atoms with Gasteiger partial charge in [0.15, 0.2) is 12.3 Å². The number of carbonyl (C=O) groups is 2. The SMILES string of the molecule is CC/C=C\C[C@H](O)/C=C/C=C\C/C=C\C=C\[C@H](O)/C=C\CCCC(=O)O[C@H](COC(=O)CCCCCCCCCCCCCCCCC(C)C)COP(=O)(O)OP(=O)(O)OC[C@H]1O[C@@H](n2ccc(N)nc2=O)[C@H](O)[C@@H]1O. The van der Waals surface area contributed by atoms with Gasteiger partial charge in [0.05, 0.1) is 25.4 Å². The Hall–Kier alpha value is -3.88. The summed E-state index contributed by atoms with van der Waals surface area (Å²) in [5, 5.41) is 41.1. The third kappa shape index (κ3) is 33.4. The van der Waals surface area contributed by atoms with Crippen molar-refractivity contribution in [2.24, 2.45) is 5.92 Å². The number of carbonyl (C=O) groups excluding carboxylic acids is 2. The summed E-state index contributed by atoms with van der Waals surface area (Å²) in [6.45, 7) is 4.11. The van der Waals surface area contributed by atoms with Crippen LogP contribution in [-0.4, -0.2) is 108 Å². The number of nitrogen functional groups attached to an aromatic ring is 1. The molecule has 1 aromatic heterocycles. The highest BCUT2D eigenvalue weighted by molar-refractivity contribution is 7.61. The van der Waals surface area contributed by atoms with E-state index in [4.69, 9.17) is 29.0 Å². The molecular formula is C54H89N3O17P2. The van der Waals surface area contributed by atoms with Gasteiger partial charge in [-0.3, -0.25) is 23.2 Å². The van der Waals surface area contributed by atoms with Gasteiger partial charge >= 0.3 is 33.3 Å². The van der Waals surface area contributed by atoms with Crippen molar-refractivity contribution in [1.82, 2.24) is 9.55 Å². The molecule has 0 saturated carbocycles. The standard InChI is InChI=1S/C54H89N3O17P2/c1-4-5-24-32-44(58)33-26-20-16-14-17-21-27-34-45(59)35-28-23-30-37-50(61)72-46(40-69-49(60)36-29-22-18-13-11-9-7-6-8-10-12-15-19-25-31-43(2)3)41-70-75(65,66)74-76(67,68)71-42-47-51(62)52(63)53(73-47)57-39-38-48(55)56-54(57)64/h5,16-17,20-21,24,26-28,33-35,38-39,43-47,51-53,58-59,62-63H,4,6-15,18-19,22-23,25,29-32,36-37,40-42H2,1-3H3,(H,65,66)(H,67,68)(H2,55,56,64)/b20-16-,21-17-,24-5-,33-26+,34-27+,35-28-/t44-,45-,46+,47+,51+,52+,53+/m0/s1. The van der Waals surface area contributed by atoms with Crippen LogP contribution in [0.25, 0.3) is 0 Å². The average molecular weight is 1110 g/mol. The van der Waals surface area contributed by atoms with E-state index < -0.39 is 95.9 Å². The summed E-state index contributed by atoms with van der Waals surface area (Å²) < 4.78 is 56.7. The zero-order valence-electron chi connectivity index (χ0n) is 44.9. The predicted molar refractivity (Wildman–Crippen MR) is 291 cm³/mol. The van der Waals surface area contributed by atoms with Crippen LogP contribution in [0, 0.1) is 5.92 Å². The maximum Gasteiger partial charge on any atom is 0.481 e. The van der Waals surface area contributed by atoms with Gasteiger partial charge in [-0.25, -0.2) is 13.9 Å². The Morgan fingerprint density at radius 1 is 0.750 bits per heavy atom. The van der Waals surface area contributed by atoms with E-state index in [2.05, 4.69) is 23.1 Å². The number of esters is 2. The zero-order chi connectivity index (χ0) is 56.0. The van der Waals surface area contributed by atoms with Crippen LogP contribution in [0.15, 0.2) is 90.0 Å². The van der Waals surface area contributed by atoms with Gasteiger partial charge in [0.25, 0.3) is 0 Å². The Kier molecular flexibility index (Phi) is 36.2. The van der Waals surface area contributed by atoms with Gasteiger partial charge in [-0.2, -0.15) is 9.29 Å². The monoisotopic (exact) mass is 1110 g/mol. The molecule has 76 heavy (non-hydrogen) atoms. The Bertz CT molecular complexity index is 2110. The minimum absolute atomic E-state index is 0.0828. The second-order valence-corrected chi connectivity index (χ2v) is 22.3. The number of hydrogen-bond donors (Lipinski definition) is 7. The molecule has 432 valence electrons. The Balaban J connectivity index is 1.85. The number of aliphatic hydroxyl groups is 4. The zero-order valence-corrected chi connectivity index (χ0v) is 46.7. The number of aliphatic hydroxyl groups excluding tert-OH is 4. The molecule has 8 N–H and O–H groups in total. The maximum absolute atomic E-state index is 12.9. The first-order valence-corrected chi connectivity index (χ1v) is 30.0. The summed E-state index contributed by atoms with van der Waals surface area (Å²) in [5.41, 5.74) is 4.57. The number of nitrogens with two attached hydrogens (primary N) is 1. The van der Waals surface area contributed by atoms with Crippen LogP contribution < -0.4 is 11.4 Å². The van der Waals surface area contributed by atoms with Crippen LogP contribution >= 0.6 is 15.6 Å². The quantitative estimate of drug-likeness (QED) is 0.0105. The van der Waals surface area contributed by atoms with Crippen LogP contribution in [0.3, 0.4) is 0 Å². The van der Waals surface area contributed by atoms with Gasteiger partial charge in [-0.1, -0.05) is 184 Å². The molecule has 0 bridgehead atoms. The molecule has 0 aliphatic carbocycles. The minimum Gasteiger partial charge on any atom is -0.462 e. The minimum atomic E-state index is -5.48. The van der Waals surface area contributed by atoms with Crippen LogP contribution in [0.4, 0.5) is 5.82 Å². The van der Waals surface area contributed by atoms with Crippen LogP contribution in [-0.2, 0) is 46.3 Å². The number of hydrogen-bond acceptors (Lipinski definition) is 17. The van der Waals surface area contributed by atoms with Gasteiger partial charge in [0.1, 0.15) is 30.7 Å². The highest BCUT2D eigenvalue weighted by atomic mass is 31.3. The number of phosphoric ester groups is 2. The fourth-order valence-electron chi connectivity index (χ4n) is 7.71. The smallest absolute Gasteiger partial charge is 0.462 e. The summed E-state index contributed by atoms with van der Waals surface area (Å²) in [6, 6.07) is 1.23. The van der Waals surface area contributed by atoms with Gasteiger partial charge in [0, 0.05) is 19.0 Å². The number of ether oxygens (including phenoxy) is 3. The van der Waals surface area contributed by atoms with E-state index in [1.807, 2.05) is 37.3 Å². The number of unbranched alkanes of at least 4 members (excludes halogenated alkanes) is 14. The van der Waals surface area contributed by atoms with Crippen molar-refractivity contribution in [1.29, 1.82) is 0 Å². The molecule has 9 atom stereocenters. The lowest BCUT2D eigenvalue weighted by Crippen LogP contribution is -2.36. The molecule has 0 aromatic carbocycles. The van der Waals surface area contributed by atoms with E-state index in [1.165, 1.54) is 70.3 Å². The highest BCUT2D eigenvalue weighted by Gasteiger charge is 2.46. The number of nitrogens with zero attached hydrogens (tertiary/aromatic N) is 2. The van der Waals surface area contributed by atoms with Crippen molar-refractivity contribution in [2.45, 2.75) is 205 Å². The third-order valence-electron chi connectivity index (χ3n) is 11.9. The molecule has 2 rings (SSSR count). The molecule has 1 saturated heterocycles. The molecule has 0 radical (unpaired) electrons. The largest absolute Gasteiger partial charge is 0.481 e. The normalized spacial score (nSPS) is 20.2. The van der Waals surface area contributed by atoms with Crippen molar-refractivity contribution in [3.05, 3.63) is 95.7 Å². The average Bonchev–Trinajstić information content (AvgIpc) is 3.64. The fraction of sp³-hybridized carbons (Fsp3) is 0.667. The molecule has 0 spiro atoms. The molecule has 2 heterocycles. The lowest BCUT2D eigenvalue weighted by molar-refractivity contribution is -0.161. The molecule has 1 aliphatic heterocycles. The van der Waals surface area contributed by atoms with Gasteiger partial charge < -0.3 is 50.2 Å². The van der Waals surface area contributed by atoms with Gasteiger partial charge in [-0.05, 0) is 50.5 Å². The molecule has 2 unspecified atom stereocenters. The van der Waals surface area contributed by atoms with E-state index in [0.29, 0.717) is 25.7 Å². The Morgan fingerprint density at radius 2 is 1.34 bits per heavy atom. The Labute approximate surface area is 450 Å².